The van der Waals surface area contributed by atoms with Gasteiger partial charge in [-0.25, -0.2) is 15.0 Å². The average Bonchev–Trinajstić information content (AvgIpc) is 2.99. The van der Waals surface area contributed by atoms with Gasteiger partial charge in [0.15, 0.2) is 10.9 Å². The van der Waals surface area contributed by atoms with Crippen LogP contribution in [0.4, 0.5) is 10.9 Å². The van der Waals surface area contributed by atoms with Gasteiger partial charge < -0.3 is 5.32 Å². The van der Waals surface area contributed by atoms with Crippen LogP contribution in [0.3, 0.4) is 0 Å². The number of hydrogen-bond donors (Lipinski definition) is 1. The zero-order valence-electron chi connectivity index (χ0n) is 13.2. The van der Waals surface area contributed by atoms with Crippen molar-refractivity contribution >= 4 is 39.7 Å². The lowest BCUT2D eigenvalue weighted by molar-refractivity contribution is 0.0996. The highest BCUT2D eigenvalue weighted by Gasteiger charge is 2.15. The molecule has 3 aromatic rings. The van der Waals surface area contributed by atoms with Gasteiger partial charge in [-0.2, -0.15) is 0 Å². The van der Waals surface area contributed by atoms with E-state index >= 15 is 0 Å². The molecule has 0 bridgehead atoms. The lowest BCUT2D eigenvalue weighted by atomic mass is 10.0. The molecular formula is C17H15ClN4OS. The highest BCUT2D eigenvalue weighted by molar-refractivity contribution is 7.17. The Labute approximate surface area is 148 Å². The summed E-state index contributed by atoms with van der Waals surface area (Å²) in [5.41, 5.74) is 1.87. The van der Waals surface area contributed by atoms with Gasteiger partial charge in [0, 0.05) is 17.6 Å². The number of thiazole rings is 1. The number of hydrogen-bond acceptors (Lipinski definition) is 6. The number of ketones is 1. The Bertz CT molecular complexity index is 874. The number of Topliss-reactive ketones (excluding diaryl/α,β-unsaturated/α-hetero) is 1. The maximum absolute atomic E-state index is 12.5. The minimum Gasteiger partial charge on any atom is -0.316 e. The summed E-state index contributed by atoms with van der Waals surface area (Å²) in [6.45, 7) is 3.76. The van der Waals surface area contributed by atoms with Crippen molar-refractivity contribution in [1.82, 2.24) is 15.0 Å². The maximum Gasteiger partial charge on any atom is 0.188 e. The lowest BCUT2D eigenvalue weighted by Crippen LogP contribution is -2.03. The number of aromatic nitrogens is 3. The molecule has 0 aliphatic carbocycles. The van der Waals surface area contributed by atoms with Crippen LogP contribution in [0.2, 0.25) is 5.02 Å². The quantitative estimate of drug-likeness (QED) is 0.686. The molecule has 24 heavy (non-hydrogen) atoms. The van der Waals surface area contributed by atoms with Gasteiger partial charge in [-0.3, -0.25) is 4.79 Å². The Morgan fingerprint density at radius 2 is 2.08 bits per heavy atom. The third kappa shape index (κ3) is 3.77. The summed E-state index contributed by atoms with van der Waals surface area (Å²) in [4.78, 5) is 25.6. The second-order valence-electron chi connectivity index (χ2n) is 5.28. The molecule has 5 nitrogen and oxygen atoms in total. The Morgan fingerprint density at radius 1 is 1.25 bits per heavy atom. The molecule has 1 aromatic carbocycles. The van der Waals surface area contributed by atoms with Crippen LogP contribution in [0.15, 0.2) is 36.7 Å². The van der Waals surface area contributed by atoms with Gasteiger partial charge in [-0.15, -0.1) is 0 Å². The fraction of sp³-hybridized carbons (Fsp3) is 0.176. The van der Waals surface area contributed by atoms with Crippen molar-refractivity contribution in [3.63, 3.8) is 0 Å². The summed E-state index contributed by atoms with van der Waals surface area (Å²) >= 11 is 7.49. The number of nitrogens with one attached hydrogen (secondary N) is 1. The van der Waals surface area contributed by atoms with Crippen molar-refractivity contribution in [3.8, 4) is 0 Å². The third-order valence-corrected chi connectivity index (χ3v) is 4.79. The number of benzene rings is 1. The molecule has 0 aliphatic rings. The molecule has 0 unspecified atom stereocenters. The minimum absolute atomic E-state index is 0.00406. The third-order valence-electron chi connectivity index (χ3n) is 3.48. The van der Waals surface area contributed by atoms with Gasteiger partial charge in [-0.1, -0.05) is 35.1 Å². The molecule has 0 saturated heterocycles. The molecule has 0 aliphatic heterocycles. The summed E-state index contributed by atoms with van der Waals surface area (Å²) in [5.74, 6) is 1.32. The Hall–Kier alpha value is -2.31. The van der Waals surface area contributed by atoms with Crippen molar-refractivity contribution in [2.24, 2.45) is 0 Å². The monoisotopic (exact) mass is 358 g/mol. The summed E-state index contributed by atoms with van der Waals surface area (Å²) < 4.78 is 0. The number of rotatable bonds is 5. The van der Waals surface area contributed by atoms with E-state index in [2.05, 4.69) is 20.3 Å². The van der Waals surface area contributed by atoms with Gasteiger partial charge >= 0.3 is 0 Å². The van der Waals surface area contributed by atoms with E-state index in [1.165, 1.54) is 11.3 Å². The SMILES string of the molecule is Cc1nccc(Nc2ncc(C(=O)Cc3c(C)cccc3Cl)s2)n1. The predicted molar refractivity (Wildman–Crippen MR) is 96.4 cm³/mol. The number of nitrogens with zero attached hydrogens (tertiary/aromatic N) is 3. The lowest BCUT2D eigenvalue weighted by Gasteiger charge is -2.06. The molecule has 0 fully saturated rings. The number of anilines is 2. The second kappa shape index (κ2) is 7.07. The molecule has 0 amide bonds. The van der Waals surface area contributed by atoms with Gasteiger partial charge in [-0.05, 0) is 37.1 Å². The summed E-state index contributed by atoms with van der Waals surface area (Å²) in [7, 11) is 0. The first-order chi connectivity index (χ1) is 11.5. The van der Waals surface area contributed by atoms with Crippen molar-refractivity contribution in [3.05, 3.63) is 63.5 Å². The van der Waals surface area contributed by atoms with E-state index < -0.39 is 0 Å². The van der Waals surface area contributed by atoms with Crippen LogP contribution >= 0.6 is 22.9 Å². The number of halogens is 1. The van der Waals surface area contributed by atoms with Crippen LogP contribution in [-0.2, 0) is 6.42 Å². The van der Waals surface area contributed by atoms with Crippen LogP contribution in [-0.4, -0.2) is 20.7 Å². The number of carbonyl (C=O) groups is 1. The Morgan fingerprint density at radius 3 is 2.83 bits per heavy atom. The highest BCUT2D eigenvalue weighted by atomic mass is 35.5. The summed E-state index contributed by atoms with van der Waals surface area (Å²) in [6.07, 6.45) is 3.51. The molecule has 7 heteroatoms. The molecule has 0 atom stereocenters. The fourth-order valence-corrected chi connectivity index (χ4v) is 3.28. The zero-order chi connectivity index (χ0) is 17.1. The number of aryl methyl sites for hydroxylation is 2. The van der Waals surface area contributed by atoms with Gasteiger partial charge in [0.1, 0.15) is 11.6 Å². The molecule has 1 N–H and O–H groups in total. The first-order valence-corrected chi connectivity index (χ1v) is 8.52. The second-order valence-corrected chi connectivity index (χ2v) is 6.72. The van der Waals surface area contributed by atoms with E-state index in [9.17, 15) is 4.79 Å². The topological polar surface area (TPSA) is 67.8 Å². The molecule has 0 saturated carbocycles. The van der Waals surface area contributed by atoms with E-state index in [0.717, 1.165) is 11.1 Å². The van der Waals surface area contributed by atoms with Crippen molar-refractivity contribution in [1.29, 1.82) is 0 Å². The van der Waals surface area contributed by atoms with Crippen molar-refractivity contribution in [2.75, 3.05) is 5.32 Å². The van der Waals surface area contributed by atoms with Gasteiger partial charge in [0.05, 0.1) is 11.1 Å². The summed E-state index contributed by atoms with van der Waals surface area (Å²) in [6, 6.07) is 7.38. The van der Waals surface area contributed by atoms with Gasteiger partial charge in [0.2, 0.25) is 0 Å². The highest BCUT2D eigenvalue weighted by Crippen LogP contribution is 2.25. The largest absolute Gasteiger partial charge is 0.316 e. The molecule has 3 rings (SSSR count). The average molecular weight is 359 g/mol. The minimum atomic E-state index is -0.00406. The maximum atomic E-state index is 12.5. The zero-order valence-corrected chi connectivity index (χ0v) is 14.8. The van der Waals surface area contributed by atoms with E-state index in [1.807, 2.05) is 26.0 Å². The Kier molecular flexibility index (Phi) is 4.87. The number of carbonyl (C=O) groups excluding carboxylic acids is 1. The van der Waals surface area contributed by atoms with E-state index in [1.54, 1.807) is 24.5 Å². The predicted octanol–water partition coefficient (Wildman–Crippen LogP) is 4.37. The standard InChI is InChI=1S/C17H15ClN4OS/c1-10-4-3-5-13(18)12(10)8-14(23)15-9-20-17(24-15)22-16-6-7-19-11(2)21-16/h3-7,9H,8H2,1-2H3,(H,19,20,21,22). The molecular weight excluding hydrogens is 344 g/mol. The molecule has 2 aromatic heterocycles. The molecule has 0 radical (unpaired) electrons. The molecule has 122 valence electrons. The van der Waals surface area contributed by atoms with Crippen LogP contribution in [0.25, 0.3) is 0 Å². The van der Waals surface area contributed by atoms with Crippen molar-refractivity contribution < 1.29 is 4.79 Å². The van der Waals surface area contributed by atoms with Crippen LogP contribution in [0.1, 0.15) is 26.6 Å². The van der Waals surface area contributed by atoms with Crippen LogP contribution in [0, 0.1) is 13.8 Å². The summed E-state index contributed by atoms with van der Waals surface area (Å²) in [5, 5.41) is 4.32. The first-order valence-electron chi connectivity index (χ1n) is 7.32. The van der Waals surface area contributed by atoms with E-state index in [-0.39, 0.29) is 12.2 Å². The van der Waals surface area contributed by atoms with Gasteiger partial charge in [0.25, 0.3) is 0 Å². The smallest absolute Gasteiger partial charge is 0.188 e. The van der Waals surface area contributed by atoms with Crippen molar-refractivity contribution in [2.45, 2.75) is 20.3 Å². The van der Waals surface area contributed by atoms with E-state index in [0.29, 0.717) is 26.7 Å². The fourth-order valence-electron chi connectivity index (χ4n) is 2.23. The molecule has 0 spiro atoms. The first kappa shape index (κ1) is 16.5. The van der Waals surface area contributed by atoms with Crippen LogP contribution in [0.5, 0.6) is 0 Å². The van der Waals surface area contributed by atoms with Crippen LogP contribution < -0.4 is 5.32 Å². The Balaban J connectivity index is 1.74. The molecule has 2 heterocycles. The normalized spacial score (nSPS) is 10.6. The van der Waals surface area contributed by atoms with E-state index in [4.69, 9.17) is 11.6 Å².